The third-order valence-electron chi connectivity index (χ3n) is 2.25. The lowest BCUT2D eigenvalue weighted by Crippen LogP contribution is -2.08. The number of carboxylic acid groups (broad SMARTS) is 1. The molecule has 0 atom stereocenters. The number of aromatic nitrogens is 1. The molecule has 0 fully saturated rings. The van der Waals surface area contributed by atoms with Gasteiger partial charge in [0, 0.05) is 11.2 Å². The topological polar surface area (TPSA) is 53.1 Å². The Balaban J connectivity index is 2.50. The average Bonchev–Trinajstić information content (AvgIpc) is 2.59. The Bertz CT molecular complexity index is 440. The van der Waals surface area contributed by atoms with Gasteiger partial charge in [-0.05, 0) is 24.4 Å². The van der Waals surface area contributed by atoms with Crippen LogP contribution in [0.25, 0.3) is 10.9 Å². The van der Waals surface area contributed by atoms with Gasteiger partial charge in [0.15, 0.2) is 0 Å². The van der Waals surface area contributed by atoms with Crippen LogP contribution in [0, 0.1) is 5.92 Å². The molecule has 14 heavy (non-hydrogen) atoms. The fourth-order valence-electron chi connectivity index (χ4n) is 1.39. The molecule has 71 valence electrons. The van der Waals surface area contributed by atoms with Gasteiger partial charge >= 0.3 is 5.97 Å². The van der Waals surface area contributed by atoms with Crippen molar-refractivity contribution in [1.82, 2.24) is 4.98 Å². The van der Waals surface area contributed by atoms with Gasteiger partial charge in [0.1, 0.15) is 5.92 Å². The van der Waals surface area contributed by atoms with E-state index >= 15 is 0 Å². The van der Waals surface area contributed by atoms with Gasteiger partial charge < -0.3 is 10.1 Å². The minimum Gasteiger partial charge on any atom is -0.481 e. The molecule has 0 saturated heterocycles. The number of benzene rings is 1. The molecule has 2 aromatic rings. The monoisotopic (exact) mass is 188 g/mol. The van der Waals surface area contributed by atoms with Crippen molar-refractivity contribution >= 4 is 16.9 Å². The Hall–Kier alpha value is -1.77. The lowest BCUT2D eigenvalue weighted by molar-refractivity contribution is -0.134. The summed E-state index contributed by atoms with van der Waals surface area (Å²) in [5.74, 6) is -0.558. The number of carboxylic acids is 1. The number of fused-ring (bicyclic) bond motifs is 1. The Kier molecular flexibility index (Phi) is 2.00. The predicted molar refractivity (Wildman–Crippen MR) is 54.0 cm³/mol. The Morgan fingerprint density at radius 2 is 2.07 bits per heavy atom. The van der Waals surface area contributed by atoms with Crippen LogP contribution in [0.3, 0.4) is 0 Å². The van der Waals surface area contributed by atoms with Crippen molar-refractivity contribution in [1.29, 1.82) is 0 Å². The van der Waals surface area contributed by atoms with Crippen molar-refractivity contribution in [3.05, 3.63) is 41.9 Å². The zero-order chi connectivity index (χ0) is 10.1. The van der Waals surface area contributed by atoms with Gasteiger partial charge in [-0.1, -0.05) is 18.2 Å². The molecule has 0 aliphatic rings. The molecule has 3 nitrogen and oxygen atoms in total. The molecule has 0 spiro atoms. The molecule has 1 radical (unpaired) electrons. The van der Waals surface area contributed by atoms with Crippen molar-refractivity contribution in [2.45, 2.75) is 6.92 Å². The maximum atomic E-state index is 10.7. The third kappa shape index (κ3) is 1.37. The molecule has 2 N–H and O–H groups in total. The summed E-state index contributed by atoms with van der Waals surface area (Å²) in [6.07, 6.45) is 0. The van der Waals surface area contributed by atoms with E-state index in [9.17, 15) is 4.79 Å². The molecule has 0 saturated carbocycles. The molecule has 1 aromatic heterocycles. The molecule has 1 heterocycles. The molecule has 0 bridgehead atoms. The van der Waals surface area contributed by atoms with Gasteiger partial charge in [-0.25, -0.2) is 0 Å². The second-order valence-electron chi connectivity index (χ2n) is 3.20. The number of para-hydroxylation sites is 1. The van der Waals surface area contributed by atoms with Gasteiger partial charge in [0.05, 0.1) is 0 Å². The van der Waals surface area contributed by atoms with E-state index in [1.165, 1.54) is 0 Å². The minimum absolute atomic E-state index is 0.334. The number of carbonyl (C=O) groups is 1. The summed E-state index contributed by atoms with van der Waals surface area (Å²) in [7, 11) is 0. The molecule has 0 amide bonds. The van der Waals surface area contributed by atoms with Crippen molar-refractivity contribution in [3.8, 4) is 0 Å². The zero-order valence-electron chi connectivity index (χ0n) is 7.74. The first-order valence-electron chi connectivity index (χ1n) is 4.33. The van der Waals surface area contributed by atoms with E-state index in [2.05, 4.69) is 4.98 Å². The fraction of sp³-hybridized carbons (Fsp3) is 0.0909. The summed E-state index contributed by atoms with van der Waals surface area (Å²) in [4.78, 5) is 13.8. The van der Waals surface area contributed by atoms with E-state index in [0.29, 0.717) is 11.6 Å². The number of H-pyrrole nitrogens is 1. The van der Waals surface area contributed by atoms with E-state index < -0.39 is 5.97 Å². The number of hydrogen-bond donors (Lipinski definition) is 2. The van der Waals surface area contributed by atoms with E-state index in [1.54, 1.807) is 6.92 Å². The second kappa shape index (κ2) is 3.18. The van der Waals surface area contributed by atoms with Gasteiger partial charge in [-0.15, -0.1) is 0 Å². The van der Waals surface area contributed by atoms with Gasteiger partial charge in [-0.3, -0.25) is 4.79 Å². The maximum absolute atomic E-state index is 10.7. The van der Waals surface area contributed by atoms with E-state index in [-0.39, 0.29) is 0 Å². The molecule has 1 aromatic carbocycles. The molecule has 0 unspecified atom stereocenters. The zero-order valence-corrected chi connectivity index (χ0v) is 7.74. The van der Waals surface area contributed by atoms with Gasteiger partial charge in [0.2, 0.25) is 0 Å². The Morgan fingerprint density at radius 1 is 1.36 bits per heavy atom. The lowest BCUT2D eigenvalue weighted by Gasteiger charge is -1.99. The fourth-order valence-corrected chi connectivity index (χ4v) is 1.39. The number of nitrogens with one attached hydrogen (secondary N) is 1. The minimum atomic E-state index is -0.892. The molecule has 0 aliphatic carbocycles. The highest BCUT2D eigenvalue weighted by molar-refractivity contribution is 5.90. The van der Waals surface area contributed by atoms with Crippen molar-refractivity contribution < 1.29 is 9.90 Å². The number of rotatable bonds is 2. The van der Waals surface area contributed by atoms with Crippen molar-refractivity contribution in [2.75, 3.05) is 0 Å². The predicted octanol–water partition coefficient (Wildman–Crippen LogP) is 2.19. The van der Waals surface area contributed by atoms with Crippen LogP contribution in [0.5, 0.6) is 0 Å². The summed E-state index contributed by atoms with van der Waals surface area (Å²) in [6, 6.07) is 9.56. The molecular formula is C11H10NO2. The lowest BCUT2D eigenvalue weighted by atomic mass is 10.1. The highest BCUT2D eigenvalue weighted by Crippen LogP contribution is 2.20. The largest absolute Gasteiger partial charge is 0.481 e. The summed E-state index contributed by atoms with van der Waals surface area (Å²) >= 11 is 0. The highest BCUT2D eigenvalue weighted by atomic mass is 16.4. The first kappa shape index (κ1) is 8.81. The van der Waals surface area contributed by atoms with Crippen LogP contribution in [-0.4, -0.2) is 16.1 Å². The van der Waals surface area contributed by atoms with E-state index in [1.807, 2.05) is 30.3 Å². The number of aromatic amines is 1. The van der Waals surface area contributed by atoms with Crippen LogP contribution in [0.2, 0.25) is 0 Å². The van der Waals surface area contributed by atoms with Crippen LogP contribution in [0.4, 0.5) is 0 Å². The Morgan fingerprint density at radius 3 is 2.71 bits per heavy atom. The molecule has 2 rings (SSSR count). The van der Waals surface area contributed by atoms with Gasteiger partial charge in [-0.2, -0.15) is 0 Å². The summed E-state index contributed by atoms with van der Waals surface area (Å²) in [5, 5.41) is 9.83. The normalized spacial score (nSPS) is 11.0. The van der Waals surface area contributed by atoms with Crippen LogP contribution in [-0.2, 0) is 4.79 Å². The Labute approximate surface area is 81.4 Å². The molecule has 3 heteroatoms. The quantitative estimate of drug-likeness (QED) is 0.759. The third-order valence-corrected chi connectivity index (χ3v) is 2.25. The molecular weight excluding hydrogens is 178 g/mol. The summed E-state index contributed by atoms with van der Waals surface area (Å²) < 4.78 is 0. The SMILES string of the molecule is C[C](C(=O)O)c1cc2ccccc2[nH]1. The summed E-state index contributed by atoms with van der Waals surface area (Å²) in [6.45, 7) is 1.59. The van der Waals surface area contributed by atoms with Crippen LogP contribution in [0.1, 0.15) is 12.6 Å². The van der Waals surface area contributed by atoms with Gasteiger partial charge in [0.25, 0.3) is 0 Å². The molecule has 0 aliphatic heterocycles. The standard InChI is InChI=1S/C11H10NO2/c1-7(11(13)14)10-6-8-4-2-3-5-9(8)12-10/h2-6,12H,1H3,(H,13,14). The highest BCUT2D eigenvalue weighted by Gasteiger charge is 2.16. The first-order valence-corrected chi connectivity index (χ1v) is 4.33. The maximum Gasteiger partial charge on any atom is 0.316 e. The second-order valence-corrected chi connectivity index (χ2v) is 3.20. The summed E-state index contributed by atoms with van der Waals surface area (Å²) in [5.41, 5.74) is 1.63. The average molecular weight is 188 g/mol. The number of hydrogen-bond acceptors (Lipinski definition) is 1. The van der Waals surface area contributed by atoms with Crippen molar-refractivity contribution in [3.63, 3.8) is 0 Å². The van der Waals surface area contributed by atoms with Crippen LogP contribution >= 0.6 is 0 Å². The first-order chi connectivity index (χ1) is 6.68. The smallest absolute Gasteiger partial charge is 0.316 e. The van der Waals surface area contributed by atoms with Crippen LogP contribution in [0.15, 0.2) is 30.3 Å². The van der Waals surface area contributed by atoms with E-state index in [4.69, 9.17) is 5.11 Å². The van der Waals surface area contributed by atoms with Crippen molar-refractivity contribution in [2.24, 2.45) is 0 Å². The number of aliphatic carboxylic acids is 1. The van der Waals surface area contributed by atoms with E-state index in [0.717, 1.165) is 10.9 Å². The van der Waals surface area contributed by atoms with Crippen LogP contribution < -0.4 is 0 Å².